The third kappa shape index (κ3) is 6.40. The van der Waals surface area contributed by atoms with E-state index in [1.54, 1.807) is 0 Å². The molecule has 0 aliphatic rings. The van der Waals surface area contributed by atoms with Crippen molar-refractivity contribution >= 4 is 11.9 Å². The molecular weight excluding hydrogens is 208 g/mol. The van der Waals surface area contributed by atoms with Gasteiger partial charge in [-0.15, -0.1) is 0 Å². The number of carbonyl (C=O) groups excluding carboxylic acids is 1. The minimum Gasteiger partial charge on any atom is -0.480 e. The molecule has 0 heterocycles. The van der Waals surface area contributed by atoms with E-state index in [4.69, 9.17) is 10.8 Å². The number of aliphatic carboxylic acids is 1. The van der Waals surface area contributed by atoms with Crippen LogP contribution in [0, 0.1) is 5.41 Å². The Morgan fingerprint density at radius 1 is 1.31 bits per heavy atom. The molecule has 0 spiro atoms. The summed E-state index contributed by atoms with van der Waals surface area (Å²) in [7, 11) is 0. The Morgan fingerprint density at radius 2 is 1.88 bits per heavy atom. The molecule has 1 amide bonds. The Balaban J connectivity index is 3.55. The van der Waals surface area contributed by atoms with Crippen LogP contribution in [0.4, 0.5) is 0 Å². The highest BCUT2D eigenvalue weighted by atomic mass is 16.4. The summed E-state index contributed by atoms with van der Waals surface area (Å²) in [5, 5.41) is 11.3. The second kappa shape index (κ2) is 6.48. The summed E-state index contributed by atoms with van der Waals surface area (Å²) in [6, 6.07) is -0.793. The first-order chi connectivity index (χ1) is 7.25. The summed E-state index contributed by atoms with van der Waals surface area (Å²) in [4.78, 5) is 21.8. The highest BCUT2D eigenvalue weighted by Gasteiger charge is 2.20. The number of rotatable bonds is 6. The molecule has 0 aromatic heterocycles. The molecule has 0 aromatic carbocycles. The zero-order chi connectivity index (χ0) is 12.8. The van der Waals surface area contributed by atoms with E-state index in [-0.39, 0.29) is 11.3 Å². The number of unbranched alkanes of at least 4 members (excludes halogenated alkanes) is 1. The van der Waals surface area contributed by atoms with Gasteiger partial charge >= 0.3 is 5.97 Å². The highest BCUT2D eigenvalue weighted by Crippen LogP contribution is 2.12. The Labute approximate surface area is 96.4 Å². The lowest BCUT2D eigenvalue weighted by Gasteiger charge is -2.17. The Morgan fingerprint density at radius 3 is 2.31 bits per heavy atom. The molecule has 0 aliphatic heterocycles. The molecule has 4 N–H and O–H groups in total. The molecule has 5 nitrogen and oxygen atoms in total. The highest BCUT2D eigenvalue weighted by molar-refractivity contribution is 5.81. The van der Waals surface area contributed by atoms with Crippen molar-refractivity contribution < 1.29 is 14.7 Å². The Bertz CT molecular complexity index is 246. The third-order valence-electron chi connectivity index (χ3n) is 2.23. The van der Waals surface area contributed by atoms with Gasteiger partial charge in [0.05, 0.1) is 0 Å². The molecule has 1 unspecified atom stereocenters. The normalized spacial score (nSPS) is 13.2. The summed E-state index contributed by atoms with van der Waals surface area (Å²) in [6.07, 6.45) is 1.90. The van der Waals surface area contributed by atoms with Gasteiger partial charge in [-0.1, -0.05) is 20.8 Å². The zero-order valence-electron chi connectivity index (χ0n) is 10.2. The van der Waals surface area contributed by atoms with Gasteiger partial charge in [0.1, 0.15) is 6.04 Å². The Hall–Kier alpha value is -1.10. The molecule has 0 fully saturated rings. The van der Waals surface area contributed by atoms with Gasteiger partial charge in [0.15, 0.2) is 0 Å². The van der Waals surface area contributed by atoms with Gasteiger partial charge in [-0.3, -0.25) is 9.59 Å². The van der Waals surface area contributed by atoms with Gasteiger partial charge in [0, 0.05) is 12.0 Å². The third-order valence-corrected chi connectivity index (χ3v) is 2.23. The molecule has 16 heavy (non-hydrogen) atoms. The fourth-order valence-corrected chi connectivity index (χ4v) is 1.08. The van der Waals surface area contributed by atoms with Gasteiger partial charge in [0.25, 0.3) is 0 Å². The monoisotopic (exact) mass is 230 g/mol. The van der Waals surface area contributed by atoms with Crippen LogP contribution in [0.5, 0.6) is 0 Å². The van der Waals surface area contributed by atoms with E-state index in [0.717, 1.165) is 6.42 Å². The lowest BCUT2D eigenvalue weighted by Crippen LogP contribution is -2.35. The molecule has 0 radical (unpaired) electrons. The van der Waals surface area contributed by atoms with E-state index in [1.165, 1.54) is 0 Å². The predicted molar refractivity (Wildman–Crippen MR) is 61.9 cm³/mol. The van der Waals surface area contributed by atoms with Crippen LogP contribution >= 0.6 is 0 Å². The van der Waals surface area contributed by atoms with Crippen molar-refractivity contribution in [2.45, 2.75) is 46.1 Å². The van der Waals surface area contributed by atoms with E-state index in [2.05, 4.69) is 5.32 Å². The molecule has 0 saturated heterocycles. The molecule has 1 atom stereocenters. The van der Waals surface area contributed by atoms with Gasteiger partial charge in [-0.05, 0) is 19.3 Å². The van der Waals surface area contributed by atoms with Crippen molar-refractivity contribution in [3.63, 3.8) is 0 Å². The summed E-state index contributed by atoms with van der Waals surface area (Å²) in [6.45, 7) is 6.12. The van der Waals surface area contributed by atoms with Gasteiger partial charge < -0.3 is 16.2 Å². The van der Waals surface area contributed by atoms with E-state index in [1.807, 2.05) is 20.8 Å². The fourth-order valence-electron chi connectivity index (χ4n) is 1.08. The van der Waals surface area contributed by atoms with Crippen LogP contribution in [0.2, 0.25) is 0 Å². The van der Waals surface area contributed by atoms with Crippen LogP contribution in [-0.2, 0) is 9.59 Å². The maximum atomic E-state index is 11.4. The molecule has 0 rings (SSSR count). The number of nitrogens with one attached hydrogen (secondary N) is 1. The second-order valence-corrected chi connectivity index (χ2v) is 4.95. The van der Waals surface area contributed by atoms with Crippen LogP contribution in [0.25, 0.3) is 0 Å². The quantitative estimate of drug-likeness (QED) is 0.586. The van der Waals surface area contributed by atoms with Crippen LogP contribution in [0.15, 0.2) is 0 Å². The van der Waals surface area contributed by atoms with E-state index < -0.39 is 12.0 Å². The summed E-state index contributed by atoms with van der Waals surface area (Å²) >= 11 is 0. The maximum absolute atomic E-state index is 11.4. The second-order valence-electron chi connectivity index (χ2n) is 4.95. The van der Waals surface area contributed by atoms with Crippen molar-refractivity contribution in [1.82, 2.24) is 5.32 Å². The fraction of sp³-hybridized carbons (Fsp3) is 0.818. The first kappa shape index (κ1) is 14.9. The van der Waals surface area contributed by atoms with Gasteiger partial charge in [-0.2, -0.15) is 0 Å². The van der Waals surface area contributed by atoms with E-state index in [9.17, 15) is 9.59 Å². The van der Waals surface area contributed by atoms with Gasteiger partial charge in [0.2, 0.25) is 5.91 Å². The molecule has 0 bridgehead atoms. The average molecular weight is 230 g/mol. The number of nitrogens with two attached hydrogens (primary N) is 1. The minimum atomic E-state index is -0.973. The van der Waals surface area contributed by atoms with E-state index >= 15 is 0 Å². The number of hydrogen-bond donors (Lipinski definition) is 3. The smallest absolute Gasteiger partial charge is 0.320 e. The lowest BCUT2D eigenvalue weighted by atomic mass is 9.96. The van der Waals surface area contributed by atoms with Crippen LogP contribution in [0.1, 0.15) is 40.0 Å². The van der Waals surface area contributed by atoms with Crippen molar-refractivity contribution in [3.8, 4) is 0 Å². The van der Waals surface area contributed by atoms with Crippen molar-refractivity contribution in [1.29, 1.82) is 0 Å². The zero-order valence-corrected chi connectivity index (χ0v) is 10.2. The van der Waals surface area contributed by atoms with Gasteiger partial charge in [-0.25, -0.2) is 0 Å². The molecule has 5 heteroatoms. The topological polar surface area (TPSA) is 92.4 Å². The first-order valence-corrected chi connectivity index (χ1v) is 5.52. The number of carboxylic acids is 1. The minimum absolute atomic E-state index is 0.00929. The van der Waals surface area contributed by atoms with Crippen LogP contribution in [-0.4, -0.2) is 29.6 Å². The molecule has 0 aliphatic carbocycles. The lowest BCUT2D eigenvalue weighted by molar-refractivity contribution is -0.138. The molecular formula is C11H22N2O3. The SMILES string of the molecule is CC(C)(C)C(=O)NCCCCC(N)C(=O)O. The van der Waals surface area contributed by atoms with Crippen molar-refractivity contribution in [2.24, 2.45) is 11.1 Å². The average Bonchev–Trinajstić information content (AvgIpc) is 2.14. The van der Waals surface area contributed by atoms with E-state index in [0.29, 0.717) is 19.4 Å². The molecule has 0 saturated carbocycles. The number of carboxylic acid groups (broad SMARTS) is 1. The molecule has 0 aromatic rings. The molecule has 94 valence electrons. The van der Waals surface area contributed by atoms with Crippen LogP contribution < -0.4 is 11.1 Å². The number of carbonyl (C=O) groups is 2. The maximum Gasteiger partial charge on any atom is 0.320 e. The van der Waals surface area contributed by atoms with Crippen molar-refractivity contribution in [3.05, 3.63) is 0 Å². The summed E-state index contributed by atoms with van der Waals surface area (Å²) < 4.78 is 0. The Kier molecular flexibility index (Phi) is 6.03. The number of amides is 1. The summed E-state index contributed by atoms with van der Waals surface area (Å²) in [5.41, 5.74) is 4.96. The van der Waals surface area contributed by atoms with Crippen molar-refractivity contribution in [2.75, 3.05) is 6.54 Å². The predicted octanol–water partition coefficient (Wildman–Crippen LogP) is 0.731. The summed E-state index contributed by atoms with van der Waals surface area (Å²) in [5.74, 6) is -0.964. The standard InChI is InChI=1S/C11H22N2O3/c1-11(2,3)10(16)13-7-5-4-6-8(12)9(14)15/h8H,4-7,12H2,1-3H3,(H,13,16)(H,14,15). The number of hydrogen-bond acceptors (Lipinski definition) is 3. The first-order valence-electron chi connectivity index (χ1n) is 5.52. The largest absolute Gasteiger partial charge is 0.480 e. The van der Waals surface area contributed by atoms with Crippen LogP contribution in [0.3, 0.4) is 0 Å².